The lowest BCUT2D eigenvalue weighted by atomic mass is 9.97. The molecule has 1 amide bonds. The Balaban J connectivity index is 1.79. The molecular weight excluding hydrogens is 323 g/mol. The quantitative estimate of drug-likeness (QED) is 0.792. The Kier molecular flexibility index (Phi) is 6.36. The van der Waals surface area contributed by atoms with Crippen LogP contribution in [-0.4, -0.2) is 38.1 Å². The standard InChI is InChI=1S/C16H20ClFN2O3/c1-2-23-16(22)11-5-7-20(8-6-11)10-15(21)19-14-4-3-12(17)9-13(14)18/h3-4,9,11H,2,5-8,10H2,1H3,(H,19,21)/p+1. The lowest BCUT2D eigenvalue weighted by Gasteiger charge is -2.27. The molecule has 23 heavy (non-hydrogen) atoms. The molecule has 0 aromatic heterocycles. The number of amides is 1. The summed E-state index contributed by atoms with van der Waals surface area (Å²) in [6, 6.07) is 4.13. The molecule has 0 bridgehead atoms. The van der Waals surface area contributed by atoms with Crippen molar-refractivity contribution in [2.45, 2.75) is 19.8 Å². The number of esters is 1. The van der Waals surface area contributed by atoms with Crippen LogP contribution in [0.1, 0.15) is 19.8 Å². The molecule has 0 spiro atoms. The van der Waals surface area contributed by atoms with Crippen LogP contribution in [-0.2, 0) is 14.3 Å². The molecule has 1 aromatic rings. The summed E-state index contributed by atoms with van der Waals surface area (Å²) in [6.07, 6.45) is 1.41. The average Bonchev–Trinajstić information content (AvgIpc) is 2.51. The van der Waals surface area contributed by atoms with Gasteiger partial charge in [0.05, 0.1) is 31.3 Å². The number of likely N-dealkylation sites (tertiary alicyclic amines) is 1. The lowest BCUT2D eigenvalue weighted by molar-refractivity contribution is -0.897. The van der Waals surface area contributed by atoms with Crippen molar-refractivity contribution in [3.05, 3.63) is 29.0 Å². The predicted molar refractivity (Wildman–Crippen MR) is 85.0 cm³/mol. The molecule has 2 N–H and O–H groups in total. The van der Waals surface area contributed by atoms with Crippen molar-refractivity contribution < 1.29 is 23.6 Å². The van der Waals surface area contributed by atoms with Gasteiger partial charge in [0.2, 0.25) is 0 Å². The van der Waals surface area contributed by atoms with Crippen molar-refractivity contribution in [3.8, 4) is 0 Å². The maximum absolute atomic E-state index is 13.6. The molecular formula is C16H21ClFN2O3+. The maximum atomic E-state index is 13.6. The minimum Gasteiger partial charge on any atom is -0.466 e. The van der Waals surface area contributed by atoms with E-state index in [1.54, 1.807) is 6.92 Å². The van der Waals surface area contributed by atoms with Gasteiger partial charge in [0.25, 0.3) is 5.91 Å². The molecule has 126 valence electrons. The zero-order chi connectivity index (χ0) is 16.8. The molecule has 1 aliphatic heterocycles. The highest BCUT2D eigenvalue weighted by Crippen LogP contribution is 2.18. The van der Waals surface area contributed by atoms with Gasteiger partial charge < -0.3 is 15.0 Å². The minimum absolute atomic E-state index is 0.0736. The van der Waals surface area contributed by atoms with Crippen molar-refractivity contribution >= 4 is 29.2 Å². The van der Waals surface area contributed by atoms with Crippen molar-refractivity contribution in [2.75, 3.05) is 31.6 Å². The van der Waals surface area contributed by atoms with Crippen LogP contribution >= 0.6 is 11.6 Å². The van der Waals surface area contributed by atoms with Crippen LogP contribution in [0.25, 0.3) is 0 Å². The third-order valence-corrected chi connectivity index (χ3v) is 4.16. The van der Waals surface area contributed by atoms with Gasteiger partial charge in [-0.1, -0.05) is 11.6 Å². The number of hydrogen-bond donors (Lipinski definition) is 2. The molecule has 0 radical (unpaired) electrons. The Labute approximate surface area is 139 Å². The first kappa shape index (κ1) is 17.7. The van der Waals surface area contributed by atoms with Gasteiger partial charge in [-0.25, -0.2) is 4.39 Å². The maximum Gasteiger partial charge on any atom is 0.309 e. The van der Waals surface area contributed by atoms with E-state index >= 15 is 0 Å². The van der Waals surface area contributed by atoms with E-state index in [2.05, 4.69) is 5.32 Å². The molecule has 0 unspecified atom stereocenters. The van der Waals surface area contributed by atoms with E-state index in [1.807, 2.05) is 0 Å². The third-order valence-electron chi connectivity index (χ3n) is 3.93. The molecule has 5 nitrogen and oxygen atoms in total. The lowest BCUT2D eigenvalue weighted by Crippen LogP contribution is -3.14. The number of hydrogen-bond acceptors (Lipinski definition) is 3. The van der Waals surface area contributed by atoms with E-state index in [0.29, 0.717) is 19.4 Å². The molecule has 0 aliphatic carbocycles. The Morgan fingerprint density at radius 2 is 2.09 bits per heavy atom. The van der Waals surface area contributed by atoms with Crippen LogP contribution in [0.3, 0.4) is 0 Å². The number of quaternary nitrogens is 1. The number of halogens is 2. The van der Waals surface area contributed by atoms with E-state index in [9.17, 15) is 14.0 Å². The van der Waals surface area contributed by atoms with Crippen molar-refractivity contribution in [1.82, 2.24) is 0 Å². The van der Waals surface area contributed by atoms with Crippen molar-refractivity contribution in [3.63, 3.8) is 0 Å². The molecule has 1 heterocycles. The number of piperidine rings is 1. The van der Waals surface area contributed by atoms with Crippen LogP contribution < -0.4 is 10.2 Å². The van der Waals surface area contributed by atoms with Gasteiger partial charge in [0.1, 0.15) is 5.82 Å². The normalized spacial score (nSPS) is 20.8. The average molecular weight is 344 g/mol. The molecule has 1 aromatic carbocycles. The van der Waals surface area contributed by atoms with E-state index in [0.717, 1.165) is 24.1 Å². The topological polar surface area (TPSA) is 59.8 Å². The van der Waals surface area contributed by atoms with Crippen LogP contribution in [0.2, 0.25) is 5.02 Å². The largest absolute Gasteiger partial charge is 0.466 e. The Morgan fingerprint density at radius 1 is 1.39 bits per heavy atom. The molecule has 1 aliphatic rings. The van der Waals surface area contributed by atoms with Gasteiger partial charge in [0.15, 0.2) is 6.54 Å². The number of carbonyl (C=O) groups excluding carboxylic acids is 2. The highest BCUT2D eigenvalue weighted by molar-refractivity contribution is 6.30. The third kappa shape index (κ3) is 5.18. The number of anilines is 1. The fourth-order valence-corrected chi connectivity index (χ4v) is 2.87. The predicted octanol–water partition coefficient (Wildman–Crippen LogP) is 1.28. The second-order valence-corrected chi connectivity index (χ2v) is 6.06. The monoisotopic (exact) mass is 343 g/mol. The summed E-state index contributed by atoms with van der Waals surface area (Å²) >= 11 is 5.68. The van der Waals surface area contributed by atoms with Gasteiger partial charge in [-0.3, -0.25) is 9.59 Å². The summed E-state index contributed by atoms with van der Waals surface area (Å²) in [5, 5.41) is 2.84. The van der Waals surface area contributed by atoms with Gasteiger partial charge in [-0.05, 0) is 25.1 Å². The van der Waals surface area contributed by atoms with E-state index in [-0.39, 0.29) is 35.0 Å². The van der Waals surface area contributed by atoms with Gasteiger partial charge >= 0.3 is 5.97 Å². The Hall–Kier alpha value is -1.66. The second kappa shape index (κ2) is 8.26. The highest BCUT2D eigenvalue weighted by atomic mass is 35.5. The summed E-state index contributed by atoms with van der Waals surface area (Å²) < 4.78 is 18.7. The highest BCUT2D eigenvalue weighted by Gasteiger charge is 2.29. The first-order valence-electron chi connectivity index (χ1n) is 7.74. The fraction of sp³-hybridized carbons (Fsp3) is 0.500. The zero-order valence-corrected chi connectivity index (χ0v) is 13.8. The smallest absolute Gasteiger partial charge is 0.309 e. The summed E-state index contributed by atoms with van der Waals surface area (Å²) in [7, 11) is 0. The molecule has 1 fully saturated rings. The fourth-order valence-electron chi connectivity index (χ4n) is 2.71. The van der Waals surface area contributed by atoms with Crippen LogP contribution in [0.5, 0.6) is 0 Å². The second-order valence-electron chi connectivity index (χ2n) is 5.63. The summed E-state index contributed by atoms with van der Waals surface area (Å²) in [4.78, 5) is 24.8. The SMILES string of the molecule is CCOC(=O)C1CC[NH+](CC(=O)Nc2ccc(Cl)cc2F)CC1. The molecule has 0 saturated carbocycles. The molecule has 7 heteroatoms. The van der Waals surface area contributed by atoms with E-state index in [4.69, 9.17) is 16.3 Å². The van der Waals surface area contributed by atoms with Crippen LogP contribution in [0, 0.1) is 11.7 Å². The zero-order valence-electron chi connectivity index (χ0n) is 13.0. The van der Waals surface area contributed by atoms with Crippen molar-refractivity contribution in [1.29, 1.82) is 0 Å². The number of carbonyl (C=O) groups is 2. The number of nitrogens with one attached hydrogen (secondary N) is 2. The van der Waals surface area contributed by atoms with Crippen molar-refractivity contribution in [2.24, 2.45) is 5.92 Å². The van der Waals surface area contributed by atoms with Gasteiger partial charge in [0, 0.05) is 17.9 Å². The number of benzene rings is 1. The molecule has 2 rings (SSSR count). The number of rotatable bonds is 5. The summed E-state index contributed by atoms with van der Waals surface area (Å²) in [6.45, 7) is 3.87. The summed E-state index contributed by atoms with van der Waals surface area (Å²) in [5.41, 5.74) is 0.125. The first-order chi connectivity index (χ1) is 11.0. The van der Waals surface area contributed by atoms with E-state index in [1.165, 1.54) is 12.1 Å². The van der Waals surface area contributed by atoms with Crippen LogP contribution in [0.15, 0.2) is 18.2 Å². The Morgan fingerprint density at radius 3 is 2.70 bits per heavy atom. The van der Waals surface area contributed by atoms with Crippen LogP contribution in [0.4, 0.5) is 10.1 Å². The minimum atomic E-state index is -0.554. The van der Waals surface area contributed by atoms with E-state index < -0.39 is 5.82 Å². The van der Waals surface area contributed by atoms with Gasteiger partial charge in [-0.2, -0.15) is 0 Å². The van der Waals surface area contributed by atoms with Gasteiger partial charge in [-0.15, -0.1) is 0 Å². The Bertz CT molecular complexity index is 574. The summed E-state index contributed by atoms with van der Waals surface area (Å²) in [5.74, 6) is -1.03. The number of ether oxygens (including phenoxy) is 1. The molecule has 1 saturated heterocycles. The first-order valence-corrected chi connectivity index (χ1v) is 8.12. The molecule has 0 atom stereocenters.